The van der Waals surface area contributed by atoms with Crippen LogP contribution in [0.3, 0.4) is 0 Å². The van der Waals surface area contributed by atoms with Gasteiger partial charge in [0.2, 0.25) is 0 Å². The third-order valence-electron chi connectivity index (χ3n) is 5.85. The Bertz CT molecular complexity index is 1240. The number of nitrogens with one attached hydrogen (secondary N) is 1. The third kappa shape index (κ3) is 4.27. The number of aromatic nitrogens is 2. The second-order valence-corrected chi connectivity index (χ2v) is 7.98. The van der Waals surface area contributed by atoms with E-state index in [0.717, 1.165) is 0 Å². The fourth-order valence-corrected chi connectivity index (χ4v) is 4.32. The van der Waals surface area contributed by atoms with Crippen LogP contribution in [0.2, 0.25) is 0 Å². The van der Waals surface area contributed by atoms with E-state index in [2.05, 4.69) is 4.98 Å². The first-order valence-corrected chi connectivity index (χ1v) is 10.5. The Morgan fingerprint density at radius 2 is 1.53 bits per heavy atom. The number of hydrogen-bond donors (Lipinski definition) is 1. The highest BCUT2D eigenvalue weighted by Gasteiger charge is 2.37. The van der Waals surface area contributed by atoms with Gasteiger partial charge < -0.3 is 4.98 Å². The Kier molecular flexibility index (Phi) is 6.07. The minimum atomic E-state index is -0.838. The molecule has 0 spiro atoms. The lowest BCUT2D eigenvalue weighted by Crippen LogP contribution is -2.41. The van der Waals surface area contributed by atoms with Crippen LogP contribution >= 0.6 is 0 Å². The molecular formula is C25H22N2O5. The van der Waals surface area contributed by atoms with E-state index in [9.17, 15) is 24.0 Å². The van der Waals surface area contributed by atoms with Crippen molar-refractivity contribution in [1.82, 2.24) is 9.55 Å². The highest BCUT2D eigenvalue weighted by atomic mass is 16.2. The summed E-state index contributed by atoms with van der Waals surface area (Å²) in [5.41, 5.74) is -0.586. The summed E-state index contributed by atoms with van der Waals surface area (Å²) in [4.78, 5) is 66.0. The van der Waals surface area contributed by atoms with Gasteiger partial charge in [-0.3, -0.25) is 19.2 Å². The molecule has 0 bridgehead atoms. The van der Waals surface area contributed by atoms with E-state index >= 15 is 0 Å². The van der Waals surface area contributed by atoms with E-state index in [0.29, 0.717) is 35.1 Å². The van der Waals surface area contributed by atoms with Crippen LogP contribution in [0.25, 0.3) is 0 Å². The second kappa shape index (κ2) is 9.09. The largest absolute Gasteiger partial charge is 0.335 e. The van der Waals surface area contributed by atoms with Crippen molar-refractivity contribution in [2.45, 2.75) is 25.7 Å². The molecule has 0 saturated heterocycles. The van der Waals surface area contributed by atoms with E-state index in [-0.39, 0.29) is 29.5 Å². The monoisotopic (exact) mass is 430 g/mol. The van der Waals surface area contributed by atoms with Gasteiger partial charge in [0.05, 0.1) is 5.92 Å². The maximum atomic E-state index is 13.0. The molecule has 3 aromatic rings. The molecule has 0 amide bonds. The Labute approximate surface area is 183 Å². The number of hydrogen-bond acceptors (Lipinski definition) is 5. The van der Waals surface area contributed by atoms with Gasteiger partial charge in [0, 0.05) is 29.3 Å². The van der Waals surface area contributed by atoms with E-state index in [1.54, 1.807) is 48.5 Å². The van der Waals surface area contributed by atoms with Gasteiger partial charge >= 0.3 is 5.69 Å². The Morgan fingerprint density at radius 3 is 2.16 bits per heavy atom. The summed E-state index contributed by atoms with van der Waals surface area (Å²) < 4.78 is 0.553. The number of H-pyrrole nitrogens is 1. The topological polar surface area (TPSA) is 106 Å². The number of Topliss-reactive ketones (excluding diaryl/α,β-unsaturated/α-hetero) is 2. The second-order valence-electron chi connectivity index (χ2n) is 7.98. The molecule has 1 heterocycles. The van der Waals surface area contributed by atoms with Crippen molar-refractivity contribution in [1.29, 1.82) is 0 Å². The zero-order valence-electron chi connectivity index (χ0n) is 17.3. The molecule has 0 unspecified atom stereocenters. The Balaban J connectivity index is 1.62. The summed E-state index contributed by atoms with van der Waals surface area (Å²) in [6.07, 6.45) is 1.81. The smallest absolute Gasteiger partial charge is 0.311 e. The number of rotatable bonds is 5. The van der Waals surface area contributed by atoms with E-state index < -0.39 is 23.1 Å². The molecule has 2 atom stereocenters. The van der Waals surface area contributed by atoms with E-state index in [4.69, 9.17) is 0 Å². The van der Waals surface area contributed by atoms with E-state index in [1.807, 2.05) is 0 Å². The first kappa shape index (κ1) is 21.4. The van der Waals surface area contributed by atoms with Crippen molar-refractivity contribution in [2.24, 2.45) is 11.8 Å². The molecule has 1 saturated carbocycles. The highest BCUT2D eigenvalue weighted by Crippen LogP contribution is 2.32. The highest BCUT2D eigenvalue weighted by molar-refractivity contribution is 6.11. The molecule has 1 aromatic heterocycles. The summed E-state index contributed by atoms with van der Waals surface area (Å²) >= 11 is 0. The molecule has 0 radical (unpaired) electrons. The number of benzene rings is 2. The summed E-state index contributed by atoms with van der Waals surface area (Å²) in [7, 11) is 0. The minimum absolute atomic E-state index is 0.120. The molecule has 7 heteroatoms. The molecule has 32 heavy (non-hydrogen) atoms. The number of carbonyl (C=O) groups is 3. The normalized spacial score (nSPS) is 18.3. The van der Waals surface area contributed by atoms with Gasteiger partial charge in [0.15, 0.2) is 5.78 Å². The zero-order chi connectivity index (χ0) is 22.7. The van der Waals surface area contributed by atoms with Crippen molar-refractivity contribution in [3.05, 3.63) is 104 Å². The molecular weight excluding hydrogens is 408 g/mol. The zero-order valence-corrected chi connectivity index (χ0v) is 17.3. The SMILES string of the molecule is O=C1CCC[C@@H](Cc2cc(=O)n(C(=O)c3ccccc3)c(=O)[nH]2)[C@H]1C(=O)c1ccccc1. The molecule has 1 aliphatic carbocycles. The average Bonchev–Trinajstić information content (AvgIpc) is 2.79. The summed E-state index contributed by atoms with van der Waals surface area (Å²) in [6, 6.07) is 17.9. The first-order valence-electron chi connectivity index (χ1n) is 10.5. The van der Waals surface area contributed by atoms with Crippen LogP contribution in [0.4, 0.5) is 0 Å². The number of ketones is 2. The molecule has 1 aliphatic rings. The molecule has 4 rings (SSSR count). The van der Waals surface area contributed by atoms with Crippen LogP contribution in [0.5, 0.6) is 0 Å². The van der Waals surface area contributed by atoms with Crippen LogP contribution in [-0.2, 0) is 11.2 Å². The molecule has 1 N–H and O–H groups in total. The average molecular weight is 430 g/mol. The lowest BCUT2D eigenvalue weighted by atomic mass is 9.72. The molecule has 2 aromatic carbocycles. The molecule has 1 fully saturated rings. The third-order valence-corrected chi connectivity index (χ3v) is 5.85. The van der Waals surface area contributed by atoms with Crippen molar-refractivity contribution in [3.8, 4) is 0 Å². The Hall–Kier alpha value is -3.87. The summed E-state index contributed by atoms with van der Waals surface area (Å²) in [5, 5.41) is 0. The summed E-state index contributed by atoms with van der Waals surface area (Å²) in [5.74, 6) is -2.23. The van der Waals surface area contributed by atoms with Gasteiger partial charge in [0.1, 0.15) is 5.78 Å². The lowest BCUT2D eigenvalue weighted by molar-refractivity contribution is -0.124. The van der Waals surface area contributed by atoms with Gasteiger partial charge in [-0.25, -0.2) is 4.79 Å². The lowest BCUT2D eigenvalue weighted by Gasteiger charge is -2.29. The maximum absolute atomic E-state index is 13.0. The van der Waals surface area contributed by atoms with Gasteiger partial charge in [0.25, 0.3) is 11.5 Å². The quantitative estimate of drug-likeness (QED) is 0.495. The standard InChI is InChI=1S/C25H22N2O5/c28-20-13-7-12-18(22(20)23(30)16-8-3-1-4-9-16)14-19-15-21(29)27(25(32)26-19)24(31)17-10-5-2-6-11-17/h1-6,8-11,15,18,22H,7,12-14H2,(H,26,32)/t18-,22+/m0/s1. The maximum Gasteiger partial charge on any atom is 0.335 e. The van der Waals surface area contributed by atoms with Crippen LogP contribution in [0, 0.1) is 11.8 Å². The molecule has 162 valence electrons. The molecule has 0 aliphatic heterocycles. The Morgan fingerprint density at radius 1 is 0.906 bits per heavy atom. The van der Waals surface area contributed by atoms with Crippen molar-refractivity contribution in [2.75, 3.05) is 0 Å². The predicted octanol–water partition coefficient (Wildman–Crippen LogP) is 2.64. The predicted molar refractivity (Wildman–Crippen MR) is 118 cm³/mol. The fourth-order valence-electron chi connectivity index (χ4n) is 4.32. The van der Waals surface area contributed by atoms with Gasteiger partial charge in [-0.1, -0.05) is 48.5 Å². The van der Waals surface area contributed by atoms with Crippen LogP contribution in [0.1, 0.15) is 45.7 Å². The van der Waals surface area contributed by atoms with Crippen LogP contribution in [-0.4, -0.2) is 27.0 Å². The van der Waals surface area contributed by atoms with Crippen LogP contribution < -0.4 is 11.2 Å². The van der Waals surface area contributed by atoms with Crippen molar-refractivity contribution < 1.29 is 14.4 Å². The van der Waals surface area contributed by atoms with Crippen molar-refractivity contribution in [3.63, 3.8) is 0 Å². The number of nitrogens with zero attached hydrogens (tertiary/aromatic N) is 1. The number of carbonyl (C=O) groups excluding carboxylic acids is 3. The number of aromatic amines is 1. The first-order chi connectivity index (χ1) is 15.5. The van der Waals surface area contributed by atoms with Gasteiger partial charge in [-0.05, 0) is 37.3 Å². The fraction of sp³-hybridized carbons (Fsp3) is 0.240. The van der Waals surface area contributed by atoms with Gasteiger partial charge in [-0.15, -0.1) is 0 Å². The van der Waals surface area contributed by atoms with Gasteiger partial charge in [-0.2, -0.15) is 4.57 Å². The van der Waals surface area contributed by atoms with E-state index in [1.165, 1.54) is 18.2 Å². The molecule has 7 nitrogen and oxygen atoms in total. The van der Waals surface area contributed by atoms with Crippen molar-refractivity contribution >= 4 is 17.5 Å². The van der Waals surface area contributed by atoms with Crippen LogP contribution in [0.15, 0.2) is 76.3 Å². The minimum Gasteiger partial charge on any atom is -0.311 e. The summed E-state index contributed by atoms with van der Waals surface area (Å²) in [6.45, 7) is 0.